The van der Waals surface area contributed by atoms with E-state index in [4.69, 9.17) is 0 Å². The van der Waals surface area contributed by atoms with Crippen LogP contribution in [-0.4, -0.2) is 37.0 Å². The lowest BCUT2D eigenvalue weighted by molar-refractivity contribution is 0.0607. The molecule has 1 N–H and O–H groups in total. The van der Waals surface area contributed by atoms with Gasteiger partial charge in [0.05, 0.1) is 0 Å². The normalized spacial score (nSPS) is 20.4. The van der Waals surface area contributed by atoms with Crippen LogP contribution in [0, 0.1) is 5.41 Å². The van der Waals surface area contributed by atoms with E-state index in [1.165, 1.54) is 12.0 Å². The number of piperidine rings is 1. The standard InChI is InChI=1S/C19H28N2O.ClH/c1-18(2,3)16-6-4-15(5-7-16)17(22)21-12-9-19(10-13-21)8-11-20-14-19;/h4-7,20H,8-14H2,1-3H3;1H. The van der Waals surface area contributed by atoms with Gasteiger partial charge in [-0.05, 0) is 54.3 Å². The predicted octanol–water partition coefficient (Wildman–Crippen LogP) is 3.62. The molecular formula is C19H29ClN2O. The van der Waals surface area contributed by atoms with Crippen molar-refractivity contribution in [3.8, 4) is 0 Å². The number of nitrogens with one attached hydrogen (secondary N) is 1. The lowest BCUT2D eigenvalue weighted by Crippen LogP contribution is -2.44. The molecule has 3 nitrogen and oxygen atoms in total. The minimum absolute atomic E-state index is 0. The maximum atomic E-state index is 12.7. The zero-order chi connectivity index (χ0) is 15.8. The average molecular weight is 337 g/mol. The molecule has 2 saturated heterocycles. The van der Waals surface area contributed by atoms with Crippen molar-refractivity contribution in [3.05, 3.63) is 35.4 Å². The summed E-state index contributed by atoms with van der Waals surface area (Å²) in [5, 5.41) is 3.48. The number of benzene rings is 1. The third-order valence-corrected chi connectivity index (χ3v) is 5.44. The van der Waals surface area contributed by atoms with E-state index in [0.29, 0.717) is 5.41 Å². The highest BCUT2D eigenvalue weighted by Gasteiger charge is 2.38. The Morgan fingerprint density at radius 3 is 2.17 bits per heavy atom. The van der Waals surface area contributed by atoms with Gasteiger partial charge in [0.15, 0.2) is 0 Å². The van der Waals surface area contributed by atoms with Gasteiger partial charge in [0.1, 0.15) is 0 Å². The maximum absolute atomic E-state index is 12.7. The first-order chi connectivity index (χ1) is 10.4. The fourth-order valence-corrected chi connectivity index (χ4v) is 3.70. The first kappa shape index (κ1) is 18.3. The van der Waals surface area contributed by atoms with Gasteiger partial charge in [0, 0.05) is 25.2 Å². The van der Waals surface area contributed by atoms with Crippen LogP contribution in [0.25, 0.3) is 0 Å². The molecule has 128 valence electrons. The van der Waals surface area contributed by atoms with Gasteiger partial charge in [-0.1, -0.05) is 32.9 Å². The van der Waals surface area contributed by atoms with E-state index in [1.807, 2.05) is 17.0 Å². The molecule has 2 fully saturated rings. The number of hydrogen-bond acceptors (Lipinski definition) is 2. The molecular weight excluding hydrogens is 308 g/mol. The highest BCUT2D eigenvalue weighted by Crippen LogP contribution is 2.37. The quantitative estimate of drug-likeness (QED) is 0.849. The Bertz CT molecular complexity index is 531. The van der Waals surface area contributed by atoms with Crippen LogP contribution in [-0.2, 0) is 5.41 Å². The third-order valence-electron chi connectivity index (χ3n) is 5.44. The summed E-state index contributed by atoms with van der Waals surface area (Å²) in [7, 11) is 0. The van der Waals surface area contributed by atoms with Crippen molar-refractivity contribution < 1.29 is 4.79 Å². The SMILES string of the molecule is CC(C)(C)c1ccc(C(=O)N2CCC3(CCNC3)CC2)cc1.Cl. The van der Waals surface area contributed by atoms with Gasteiger partial charge in [-0.25, -0.2) is 0 Å². The number of carbonyl (C=O) groups excluding carboxylic acids is 1. The molecule has 1 aromatic carbocycles. The van der Waals surface area contributed by atoms with E-state index in [-0.39, 0.29) is 23.7 Å². The van der Waals surface area contributed by atoms with Crippen LogP contribution < -0.4 is 5.32 Å². The number of halogens is 1. The van der Waals surface area contributed by atoms with Crippen LogP contribution in [0.2, 0.25) is 0 Å². The fraction of sp³-hybridized carbons (Fsp3) is 0.632. The van der Waals surface area contributed by atoms with E-state index in [0.717, 1.165) is 44.6 Å². The van der Waals surface area contributed by atoms with Gasteiger partial charge in [-0.2, -0.15) is 0 Å². The predicted molar refractivity (Wildman–Crippen MR) is 97.4 cm³/mol. The third kappa shape index (κ3) is 3.89. The number of hydrogen-bond donors (Lipinski definition) is 1. The van der Waals surface area contributed by atoms with Crippen LogP contribution >= 0.6 is 12.4 Å². The zero-order valence-corrected chi connectivity index (χ0v) is 15.3. The summed E-state index contributed by atoms with van der Waals surface area (Å²) >= 11 is 0. The lowest BCUT2D eigenvalue weighted by Gasteiger charge is -2.39. The summed E-state index contributed by atoms with van der Waals surface area (Å²) in [4.78, 5) is 14.7. The van der Waals surface area contributed by atoms with Crippen molar-refractivity contribution in [2.45, 2.75) is 45.4 Å². The van der Waals surface area contributed by atoms with Crippen LogP contribution in [0.5, 0.6) is 0 Å². The van der Waals surface area contributed by atoms with E-state index >= 15 is 0 Å². The molecule has 3 rings (SSSR count). The number of likely N-dealkylation sites (tertiary alicyclic amines) is 1. The number of amides is 1. The molecule has 0 aromatic heterocycles. The second-order valence-electron chi connectivity index (χ2n) is 8.05. The van der Waals surface area contributed by atoms with Crippen LogP contribution in [0.15, 0.2) is 24.3 Å². The Morgan fingerprint density at radius 1 is 1.09 bits per heavy atom. The van der Waals surface area contributed by atoms with Crippen molar-refractivity contribution in [3.63, 3.8) is 0 Å². The molecule has 4 heteroatoms. The van der Waals surface area contributed by atoms with Gasteiger partial charge < -0.3 is 10.2 Å². The van der Waals surface area contributed by atoms with Gasteiger partial charge in [-0.3, -0.25) is 4.79 Å². The Labute approximate surface area is 146 Å². The molecule has 1 spiro atoms. The van der Waals surface area contributed by atoms with Gasteiger partial charge in [-0.15, -0.1) is 12.4 Å². The van der Waals surface area contributed by atoms with Crippen molar-refractivity contribution in [1.82, 2.24) is 10.2 Å². The number of rotatable bonds is 1. The molecule has 0 aliphatic carbocycles. The number of nitrogens with zero attached hydrogens (tertiary/aromatic N) is 1. The Hall–Kier alpha value is -1.06. The summed E-state index contributed by atoms with van der Waals surface area (Å²) in [6.07, 6.45) is 3.56. The monoisotopic (exact) mass is 336 g/mol. The van der Waals surface area contributed by atoms with Crippen LogP contribution in [0.3, 0.4) is 0 Å². The van der Waals surface area contributed by atoms with E-state index < -0.39 is 0 Å². The lowest BCUT2D eigenvalue weighted by atomic mass is 9.77. The minimum Gasteiger partial charge on any atom is -0.339 e. The maximum Gasteiger partial charge on any atom is 0.253 e. The Balaban J connectivity index is 0.00000192. The molecule has 2 aliphatic heterocycles. The van der Waals surface area contributed by atoms with E-state index in [1.54, 1.807) is 0 Å². The molecule has 0 saturated carbocycles. The molecule has 1 amide bonds. The summed E-state index contributed by atoms with van der Waals surface area (Å²) in [6, 6.07) is 8.17. The highest BCUT2D eigenvalue weighted by atomic mass is 35.5. The van der Waals surface area contributed by atoms with Crippen molar-refractivity contribution in [1.29, 1.82) is 0 Å². The summed E-state index contributed by atoms with van der Waals surface area (Å²) in [6.45, 7) is 10.7. The zero-order valence-electron chi connectivity index (χ0n) is 14.5. The Kier molecular flexibility index (Phi) is 5.42. The van der Waals surface area contributed by atoms with Crippen molar-refractivity contribution in [2.75, 3.05) is 26.2 Å². The second-order valence-corrected chi connectivity index (χ2v) is 8.05. The summed E-state index contributed by atoms with van der Waals surface area (Å²) in [5.41, 5.74) is 2.70. The largest absolute Gasteiger partial charge is 0.339 e. The van der Waals surface area contributed by atoms with Crippen molar-refractivity contribution >= 4 is 18.3 Å². The minimum atomic E-state index is 0. The highest BCUT2D eigenvalue weighted by molar-refractivity contribution is 5.94. The molecule has 1 aromatic rings. The molecule has 0 unspecified atom stereocenters. The summed E-state index contributed by atoms with van der Waals surface area (Å²) < 4.78 is 0. The van der Waals surface area contributed by atoms with Crippen LogP contribution in [0.1, 0.15) is 56.0 Å². The number of carbonyl (C=O) groups is 1. The fourth-order valence-electron chi connectivity index (χ4n) is 3.70. The molecule has 0 atom stereocenters. The average Bonchev–Trinajstić information content (AvgIpc) is 2.95. The molecule has 2 heterocycles. The molecule has 2 aliphatic rings. The summed E-state index contributed by atoms with van der Waals surface area (Å²) in [5.74, 6) is 0.196. The topological polar surface area (TPSA) is 32.3 Å². The first-order valence-electron chi connectivity index (χ1n) is 8.50. The van der Waals surface area contributed by atoms with Gasteiger partial charge in [0.2, 0.25) is 0 Å². The molecule has 0 bridgehead atoms. The van der Waals surface area contributed by atoms with E-state index in [2.05, 4.69) is 38.2 Å². The van der Waals surface area contributed by atoms with Crippen LogP contribution in [0.4, 0.5) is 0 Å². The first-order valence-corrected chi connectivity index (χ1v) is 8.50. The Morgan fingerprint density at radius 2 is 1.70 bits per heavy atom. The van der Waals surface area contributed by atoms with E-state index in [9.17, 15) is 4.79 Å². The van der Waals surface area contributed by atoms with Gasteiger partial charge >= 0.3 is 0 Å². The van der Waals surface area contributed by atoms with Gasteiger partial charge in [0.25, 0.3) is 5.91 Å². The van der Waals surface area contributed by atoms with Crippen molar-refractivity contribution in [2.24, 2.45) is 5.41 Å². The molecule has 23 heavy (non-hydrogen) atoms. The molecule has 0 radical (unpaired) electrons. The smallest absolute Gasteiger partial charge is 0.253 e. The second kappa shape index (κ2) is 6.82.